The summed E-state index contributed by atoms with van der Waals surface area (Å²) < 4.78 is 5.51. The van der Waals surface area contributed by atoms with Crippen LogP contribution in [0.15, 0.2) is 36.7 Å². The van der Waals surface area contributed by atoms with Gasteiger partial charge in [0.1, 0.15) is 11.6 Å². The van der Waals surface area contributed by atoms with Crippen LogP contribution < -0.4 is 0 Å². The number of nitrogens with zero attached hydrogens (tertiary/aromatic N) is 6. The minimum Gasteiger partial charge on any atom is -0.444 e. The fraction of sp³-hybridized carbons (Fsp3) is 0.548. The summed E-state index contributed by atoms with van der Waals surface area (Å²) in [5, 5.41) is 9.25. The lowest BCUT2D eigenvalue weighted by molar-refractivity contribution is -0.130. The first-order valence-corrected chi connectivity index (χ1v) is 14.5. The topological polar surface area (TPSA) is 120 Å². The van der Waals surface area contributed by atoms with Gasteiger partial charge in [0.15, 0.2) is 5.82 Å². The smallest absolute Gasteiger partial charge is 0.410 e. The van der Waals surface area contributed by atoms with Crippen LogP contribution in [0.2, 0.25) is 0 Å². The third kappa shape index (κ3) is 6.84. The molecule has 216 valence electrons. The first-order chi connectivity index (χ1) is 19.6. The number of likely N-dealkylation sites (tertiary alicyclic amines) is 2. The van der Waals surface area contributed by atoms with Crippen LogP contribution in [0, 0.1) is 11.3 Å². The zero-order valence-corrected chi connectivity index (χ0v) is 24.1. The van der Waals surface area contributed by atoms with Crippen LogP contribution in [0.3, 0.4) is 0 Å². The predicted octanol–water partition coefficient (Wildman–Crippen LogP) is 4.20. The van der Waals surface area contributed by atoms with E-state index in [4.69, 9.17) is 4.74 Å². The summed E-state index contributed by atoms with van der Waals surface area (Å²) in [6, 6.07) is 9.69. The van der Waals surface area contributed by atoms with Crippen LogP contribution in [-0.4, -0.2) is 85.9 Å². The molecule has 0 bridgehead atoms. The van der Waals surface area contributed by atoms with Gasteiger partial charge in [0.25, 0.3) is 5.91 Å². The van der Waals surface area contributed by atoms with Gasteiger partial charge in [0.05, 0.1) is 18.1 Å². The molecule has 3 heterocycles. The fourth-order valence-electron chi connectivity index (χ4n) is 5.62. The van der Waals surface area contributed by atoms with Gasteiger partial charge in [-0.3, -0.25) is 9.59 Å². The Morgan fingerprint density at radius 3 is 2.20 bits per heavy atom. The van der Waals surface area contributed by atoms with Crippen LogP contribution in [0.25, 0.3) is 11.4 Å². The number of piperidine rings is 1. The molecule has 5 rings (SSSR count). The highest BCUT2D eigenvalue weighted by Crippen LogP contribution is 2.33. The summed E-state index contributed by atoms with van der Waals surface area (Å²) >= 11 is 0. The third-order valence-corrected chi connectivity index (χ3v) is 7.87. The molecule has 3 aliphatic rings. The Bertz CT molecular complexity index is 1300. The summed E-state index contributed by atoms with van der Waals surface area (Å²) in [6.45, 7) is 7.33. The summed E-state index contributed by atoms with van der Waals surface area (Å²) in [5.41, 5.74) is 1.58. The van der Waals surface area contributed by atoms with Gasteiger partial charge in [0, 0.05) is 49.7 Å². The highest BCUT2D eigenvalue weighted by atomic mass is 16.6. The molecular weight excluding hydrogens is 520 g/mol. The molecule has 1 atom stereocenters. The van der Waals surface area contributed by atoms with Crippen molar-refractivity contribution in [2.45, 2.75) is 89.4 Å². The third-order valence-electron chi connectivity index (χ3n) is 7.87. The van der Waals surface area contributed by atoms with Crippen LogP contribution in [0.4, 0.5) is 4.79 Å². The number of hydrogen-bond donors (Lipinski definition) is 0. The molecule has 3 amide bonds. The highest BCUT2D eigenvalue weighted by Gasteiger charge is 2.40. The Labute approximate surface area is 241 Å². The average molecular weight is 559 g/mol. The molecule has 0 spiro atoms. The second-order valence-electron chi connectivity index (χ2n) is 12.2. The van der Waals surface area contributed by atoms with Crippen molar-refractivity contribution in [3.05, 3.63) is 47.8 Å². The Hall–Kier alpha value is -4.00. The zero-order valence-electron chi connectivity index (χ0n) is 24.1. The van der Waals surface area contributed by atoms with E-state index in [1.54, 1.807) is 22.2 Å². The van der Waals surface area contributed by atoms with Gasteiger partial charge in [-0.2, -0.15) is 5.26 Å². The molecule has 10 nitrogen and oxygen atoms in total. The van der Waals surface area contributed by atoms with Gasteiger partial charge < -0.3 is 19.4 Å². The van der Waals surface area contributed by atoms with Crippen molar-refractivity contribution in [1.29, 1.82) is 5.26 Å². The number of carbonyl (C=O) groups excluding carboxylic acids is 3. The Kier molecular flexibility index (Phi) is 8.25. The van der Waals surface area contributed by atoms with Crippen molar-refractivity contribution in [1.82, 2.24) is 24.7 Å². The van der Waals surface area contributed by atoms with Gasteiger partial charge >= 0.3 is 6.09 Å². The van der Waals surface area contributed by atoms with Crippen molar-refractivity contribution in [2.24, 2.45) is 0 Å². The molecule has 10 heteroatoms. The molecule has 2 aromatic rings. The quantitative estimate of drug-likeness (QED) is 0.521. The summed E-state index contributed by atoms with van der Waals surface area (Å²) in [7, 11) is 0. The number of nitriles is 1. The standard InChI is InChI=1S/C31H38N6O4/c1-31(2,3)41-30(40)35-15-12-25(13-16-35)37(24-10-11-24)29(39)23-19-33-28(34-20-23)22-8-6-21(7-9-22)17-27(38)36-14-4-5-26(36)18-32/h6-9,19-20,24-26H,4-5,10-17H2,1-3H3. The molecule has 0 radical (unpaired) electrons. The molecule has 2 saturated heterocycles. The number of aromatic nitrogens is 2. The minimum absolute atomic E-state index is 0.0309. The molecule has 1 unspecified atom stereocenters. The molecule has 41 heavy (non-hydrogen) atoms. The number of amides is 3. The van der Waals surface area contributed by atoms with E-state index in [0.29, 0.717) is 43.9 Å². The SMILES string of the molecule is CC(C)(C)OC(=O)N1CCC(N(C(=O)c2cnc(-c3ccc(CC(=O)N4CCCC4C#N)cc3)nc2)C2CC2)CC1. The summed E-state index contributed by atoms with van der Waals surface area (Å²) in [4.78, 5) is 53.0. The predicted molar refractivity (Wildman–Crippen MR) is 152 cm³/mol. The molecule has 1 aliphatic carbocycles. The van der Waals surface area contributed by atoms with Gasteiger partial charge in [-0.05, 0) is 64.9 Å². The van der Waals surface area contributed by atoms with E-state index < -0.39 is 5.60 Å². The molecule has 3 fully saturated rings. The summed E-state index contributed by atoms with van der Waals surface area (Å²) in [5.74, 6) is 0.407. The lowest BCUT2D eigenvalue weighted by atomic mass is 10.0. The lowest BCUT2D eigenvalue weighted by Gasteiger charge is -2.39. The Morgan fingerprint density at radius 2 is 1.61 bits per heavy atom. The fourth-order valence-corrected chi connectivity index (χ4v) is 5.62. The molecular formula is C31H38N6O4. The number of ether oxygens (including phenoxy) is 1. The van der Waals surface area contributed by atoms with Crippen LogP contribution in [-0.2, 0) is 16.0 Å². The molecule has 1 aromatic carbocycles. The van der Waals surface area contributed by atoms with Crippen LogP contribution in [0.5, 0.6) is 0 Å². The second kappa shape index (κ2) is 11.9. The minimum atomic E-state index is -0.534. The van der Waals surface area contributed by atoms with Gasteiger partial charge in [0.2, 0.25) is 5.91 Å². The zero-order chi connectivity index (χ0) is 29.1. The largest absolute Gasteiger partial charge is 0.444 e. The average Bonchev–Trinajstić information content (AvgIpc) is 3.67. The first-order valence-electron chi connectivity index (χ1n) is 14.5. The maximum Gasteiger partial charge on any atom is 0.410 e. The van der Waals surface area contributed by atoms with E-state index in [1.165, 1.54) is 0 Å². The van der Waals surface area contributed by atoms with E-state index in [9.17, 15) is 19.6 Å². The van der Waals surface area contributed by atoms with Crippen molar-refractivity contribution in [3.63, 3.8) is 0 Å². The molecule has 1 aromatic heterocycles. The Morgan fingerprint density at radius 1 is 0.976 bits per heavy atom. The summed E-state index contributed by atoms with van der Waals surface area (Å²) in [6.07, 6.45) is 8.12. The van der Waals surface area contributed by atoms with Crippen molar-refractivity contribution in [2.75, 3.05) is 19.6 Å². The second-order valence-corrected chi connectivity index (χ2v) is 12.2. The first kappa shape index (κ1) is 28.5. The van der Waals surface area contributed by atoms with E-state index >= 15 is 0 Å². The molecule has 1 saturated carbocycles. The van der Waals surface area contributed by atoms with Crippen LogP contribution in [0.1, 0.15) is 75.2 Å². The van der Waals surface area contributed by atoms with E-state index in [1.807, 2.05) is 49.9 Å². The van der Waals surface area contributed by atoms with Crippen LogP contribution >= 0.6 is 0 Å². The number of hydrogen-bond acceptors (Lipinski definition) is 7. The van der Waals surface area contributed by atoms with E-state index in [0.717, 1.165) is 36.8 Å². The molecule has 2 aliphatic heterocycles. The number of benzene rings is 1. The van der Waals surface area contributed by atoms with Crippen molar-refractivity contribution < 1.29 is 19.1 Å². The van der Waals surface area contributed by atoms with E-state index in [-0.39, 0.29) is 42.5 Å². The maximum absolute atomic E-state index is 13.6. The van der Waals surface area contributed by atoms with Gasteiger partial charge in [-0.15, -0.1) is 0 Å². The normalized spacial score (nSPS) is 19.5. The maximum atomic E-state index is 13.6. The van der Waals surface area contributed by atoms with Gasteiger partial charge in [-0.25, -0.2) is 14.8 Å². The number of carbonyl (C=O) groups is 3. The van der Waals surface area contributed by atoms with Gasteiger partial charge in [-0.1, -0.05) is 24.3 Å². The Balaban J connectivity index is 1.19. The monoisotopic (exact) mass is 558 g/mol. The van der Waals surface area contributed by atoms with E-state index in [2.05, 4.69) is 16.0 Å². The lowest BCUT2D eigenvalue weighted by Crippen LogP contribution is -2.50. The number of rotatable bonds is 6. The van der Waals surface area contributed by atoms with Crippen molar-refractivity contribution in [3.8, 4) is 17.5 Å². The molecule has 0 N–H and O–H groups in total. The highest BCUT2D eigenvalue weighted by molar-refractivity contribution is 5.94. The van der Waals surface area contributed by atoms with Crippen molar-refractivity contribution >= 4 is 17.9 Å².